The van der Waals surface area contributed by atoms with Gasteiger partial charge in [0.25, 0.3) is 0 Å². The van der Waals surface area contributed by atoms with E-state index >= 15 is 0 Å². The summed E-state index contributed by atoms with van der Waals surface area (Å²) in [5.74, 6) is 1.56. The molecule has 2 aromatic rings. The second-order valence-electron chi connectivity index (χ2n) is 3.18. The maximum atomic E-state index is 5.17. The van der Waals surface area contributed by atoms with Crippen molar-refractivity contribution in [3.05, 3.63) is 34.4 Å². The summed E-state index contributed by atoms with van der Waals surface area (Å²) in [6.45, 7) is 1.89. The summed E-state index contributed by atoms with van der Waals surface area (Å²) in [5, 5.41) is 3.84. The number of aryl methyl sites for hydroxylation is 1. The van der Waals surface area contributed by atoms with Crippen molar-refractivity contribution in [2.75, 3.05) is 7.11 Å². The molecule has 0 amide bonds. The van der Waals surface area contributed by atoms with Crippen LogP contribution < -0.4 is 4.74 Å². The number of ether oxygens (including phenoxy) is 1. The van der Waals surface area contributed by atoms with E-state index in [1.807, 2.05) is 31.2 Å². The van der Waals surface area contributed by atoms with Gasteiger partial charge in [0.2, 0.25) is 0 Å². The molecule has 0 aliphatic rings. The lowest BCUT2D eigenvalue weighted by molar-refractivity contribution is 0.411. The van der Waals surface area contributed by atoms with Crippen molar-refractivity contribution in [3.63, 3.8) is 0 Å². The van der Waals surface area contributed by atoms with Gasteiger partial charge in [-0.3, -0.25) is 0 Å². The molecule has 0 unspecified atom stereocenters. The predicted octanol–water partition coefficient (Wildman–Crippen LogP) is 3.42. The normalized spacial score (nSPS) is 10.3. The molecule has 3 nitrogen and oxygen atoms in total. The fourth-order valence-corrected chi connectivity index (χ4v) is 1.86. The van der Waals surface area contributed by atoms with E-state index in [2.05, 4.69) is 21.1 Å². The zero-order chi connectivity index (χ0) is 10.8. The van der Waals surface area contributed by atoms with Gasteiger partial charge in [-0.1, -0.05) is 5.16 Å². The van der Waals surface area contributed by atoms with Crippen molar-refractivity contribution in [2.24, 2.45) is 0 Å². The molecule has 2 rings (SSSR count). The molecule has 1 aromatic heterocycles. The van der Waals surface area contributed by atoms with Gasteiger partial charge in [-0.15, -0.1) is 0 Å². The van der Waals surface area contributed by atoms with Crippen LogP contribution in [-0.4, -0.2) is 12.3 Å². The van der Waals surface area contributed by atoms with Crippen LogP contribution in [0.4, 0.5) is 0 Å². The quantitative estimate of drug-likeness (QED) is 0.837. The highest BCUT2D eigenvalue weighted by Gasteiger charge is 2.07. The summed E-state index contributed by atoms with van der Waals surface area (Å²) < 4.78 is 11.2. The second kappa shape index (κ2) is 4.06. The Balaban J connectivity index is 2.42. The monoisotopic (exact) mass is 267 g/mol. The Bertz CT molecular complexity index is 479. The molecule has 1 aromatic carbocycles. The van der Waals surface area contributed by atoms with Crippen LogP contribution in [0.25, 0.3) is 11.3 Å². The molecule has 0 aliphatic heterocycles. The van der Waals surface area contributed by atoms with Gasteiger partial charge in [-0.05, 0) is 41.1 Å². The molecular formula is C11H10BrNO2. The summed E-state index contributed by atoms with van der Waals surface area (Å²) in [7, 11) is 1.64. The van der Waals surface area contributed by atoms with Crippen LogP contribution in [0.2, 0.25) is 0 Å². The van der Waals surface area contributed by atoms with Gasteiger partial charge >= 0.3 is 0 Å². The van der Waals surface area contributed by atoms with Crippen molar-refractivity contribution < 1.29 is 9.26 Å². The molecule has 1 heterocycles. The van der Waals surface area contributed by atoms with Gasteiger partial charge in [0.1, 0.15) is 5.75 Å². The summed E-state index contributed by atoms with van der Waals surface area (Å²) >= 11 is 3.42. The molecule has 0 saturated heterocycles. The van der Waals surface area contributed by atoms with Crippen LogP contribution in [0.3, 0.4) is 0 Å². The first-order valence-corrected chi connectivity index (χ1v) is 5.27. The SMILES string of the molecule is COc1ccc(-c2cc(C)no2)cc1Br. The Morgan fingerprint density at radius 1 is 1.33 bits per heavy atom. The maximum absolute atomic E-state index is 5.17. The smallest absolute Gasteiger partial charge is 0.167 e. The van der Waals surface area contributed by atoms with E-state index in [4.69, 9.17) is 9.26 Å². The number of halogens is 1. The van der Waals surface area contributed by atoms with Gasteiger partial charge in [0, 0.05) is 11.6 Å². The fourth-order valence-electron chi connectivity index (χ4n) is 1.32. The minimum Gasteiger partial charge on any atom is -0.496 e. The van der Waals surface area contributed by atoms with Crippen LogP contribution in [-0.2, 0) is 0 Å². The Hall–Kier alpha value is -1.29. The van der Waals surface area contributed by atoms with Gasteiger partial charge in [0.05, 0.1) is 17.3 Å². The van der Waals surface area contributed by atoms with Crippen LogP contribution in [0.15, 0.2) is 33.3 Å². The average molecular weight is 268 g/mol. The molecule has 0 fully saturated rings. The van der Waals surface area contributed by atoms with E-state index < -0.39 is 0 Å². The van der Waals surface area contributed by atoms with Crippen LogP contribution in [0, 0.1) is 6.92 Å². The maximum Gasteiger partial charge on any atom is 0.167 e. The van der Waals surface area contributed by atoms with Gasteiger partial charge in [-0.2, -0.15) is 0 Å². The number of methoxy groups -OCH3 is 1. The minimum atomic E-state index is 0.760. The zero-order valence-corrected chi connectivity index (χ0v) is 10.0. The highest BCUT2D eigenvalue weighted by molar-refractivity contribution is 9.10. The summed E-state index contributed by atoms with van der Waals surface area (Å²) in [4.78, 5) is 0. The molecule has 15 heavy (non-hydrogen) atoms. The molecule has 0 spiro atoms. The molecule has 4 heteroatoms. The highest BCUT2D eigenvalue weighted by atomic mass is 79.9. The number of hydrogen-bond donors (Lipinski definition) is 0. The number of benzene rings is 1. The van der Waals surface area contributed by atoms with Gasteiger partial charge < -0.3 is 9.26 Å². The molecule has 0 aliphatic carbocycles. The van der Waals surface area contributed by atoms with Crippen LogP contribution in [0.5, 0.6) is 5.75 Å². The van der Waals surface area contributed by atoms with E-state index in [-0.39, 0.29) is 0 Å². The van der Waals surface area contributed by atoms with E-state index in [0.717, 1.165) is 27.2 Å². The lowest BCUT2D eigenvalue weighted by atomic mass is 10.1. The highest BCUT2D eigenvalue weighted by Crippen LogP contribution is 2.30. The van der Waals surface area contributed by atoms with Crippen molar-refractivity contribution in [1.29, 1.82) is 0 Å². The largest absolute Gasteiger partial charge is 0.496 e. The first kappa shape index (κ1) is 10.2. The third-order valence-corrected chi connectivity index (χ3v) is 2.68. The Morgan fingerprint density at radius 2 is 2.13 bits per heavy atom. The third kappa shape index (κ3) is 2.04. The molecule has 0 radical (unpaired) electrons. The van der Waals surface area contributed by atoms with Crippen molar-refractivity contribution in [3.8, 4) is 17.1 Å². The Morgan fingerprint density at radius 3 is 2.67 bits per heavy atom. The second-order valence-corrected chi connectivity index (χ2v) is 4.04. The summed E-state index contributed by atoms with van der Waals surface area (Å²) in [5.41, 5.74) is 1.85. The zero-order valence-electron chi connectivity index (χ0n) is 8.45. The topological polar surface area (TPSA) is 35.3 Å². The fraction of sp³-hybridized carbons (Fsp3) is 0.182. The van der Waals surface area contributed by atoms with Crippen molar-refractivity contribution in [1.82, 2.24) is 5.16 Å². The van der Waals surface area contributed by atoms with Gasteiger partial charge in [-0.25, -0.2) is 0 Å². The number of hydrogen-bond acceptors (Lipinski definition) is 3. The van der Waals surface area contributed by atoms with Gasteiger partial charge in [0.15, 0.2) is 5.76 Å². The van der Waals surface area contributed by atoms with E-state index in [1.165, 1.54) is 0 Å². The minimum absolute atomic E-state index is 0.760. The first-order valence-electron chi connectivity index (χ1n) is 4.48. The van der Waals surface area contributed by atoms with Crippen molar-refractivity contribution >= 4 is 15.9 Å². The lowest BCUT2D eigenvalue weighted by Gasteiger charge is -2.03. The molecule has 78 valence electrons. The number of rotatable bonds is 2. The molecular weight excluding hydrogens is 258 g/mol. The molecule has 0 bridgehead atoms. The van der Waals surface area contributed by atoms with Crippen LogP contribution >= 0.6 is 15.9 Å². The molecule has 0 saturated carbocycles. The van der Waals surface area contributed by atoms with Crippen LogP contribution in [0.1, 0.15) is 5.69 Å². The summed E-state index contributed by atoms with van der Waals surface area (Å²) in [6.07, 6.45) is 0. The first-order chi connectivity index (χ1) is 7.20. The van der Waals surface area contributed by atoms with E-state index in [1.54, 1.807) is 7.11 Å². The molecule has 0 N–H and O–H groups in total. The Labute approximate surface area is 96.2 Å². The standard InChI is InChI=1S/C11H10BrNO2/c1-7-5-11(15-13-7)8-3-4-10(14-2)9(12)6-8/h3-6H,1-2H3. The lowest BCUT2D eigenvalue weighted by Crippen LogP contribution is -1.84. The van der Waals surface area contributed by atoms with E-state index in [9.17, 15) is 0 Å². The average Bonchev–Trinajstić information content (AvgIpc) is 2.65. The molecule has 0 atom stereocenters. The number of nitrogens with zero attached hydrogens (tertiary/aromatic N) is 1. The predicted molar refractivity (Wildman–Crippen MR) is 60.9 cm³/mol. The Kier molecular flexibility index (Phi) is 2.77. The summed E-state index contributed by atoms with van der Waals surface area (Å²) in [6, 6.07) is 7.66. The number of aromatic nitrogens is 1. The third-order valence-electron chi connectivity index (χ3n) is 2.06. The van der Waals surface area contributed by atoms with E-state index in [0.29, 0.717) is 0 Å². The van der Waals surface area contributed by atoms with Crippen molar-refractivity contribution in [2.45, 2.75) is 6.92 Å².